The number of rotatable bonds is 5. The first kappa shape index (κ1) is 16.5. The molecule has 0 atom stereocenters. The molecule has 1 aliphatic carbocycles. The van der Waals surface area contributed by atoms with Crippen molar-refractivity contribution >= 4 is 35.3 Å². The van der Waals surface area contributed by atoms with Crippen LogP contribution < -0.4 is 4.90 Å². The molecule has 0 aromatic heterocycles. The molecule has 0 heterocycles. The molecule has 124 valence electrons. The maximum atomic E-state index is 11.9. The minimum Gasteiger partial charge on any atom is -0.481 e. The van der Waals surface area contributed by atoms with Crippen LogP contribution in [0.2, 0.25) is 5.02 Å². The standard InChI is InChI=1S/C19H19ClN2O2/c1-21-19(24-2)15-10-9-14(13-7-8-13)11-18(15)22(12-23)17-6-4-3-5-16(17)20/h3-6,9-13H,7-8H2,1-2H3. The van der Waals surface area contributed by atoms with E-state index in [0.717, 1.165) is 17.7 Å². The van der Waals surface area contributed by atoms with Gasteiger partial charge in [0.15, 0.2) is 0 Å². The summed E-state index contributed by atoms with van der Waals surface area (Å²) in [6, 6.07) is 13.4. The van der Waals surface area contributed by atoms with Crippen LogP contribution in [0.4, 0.5) is 11.4 Å². The second-order valence-corrected chi connectivity index (χ2v) is 6.12. The Labute approximate surface area is 146 Å². The van der Waals surface area contributed by atoms with E-state index < -0.39 is 0 Å². The highest BCUT2D eigenvalue weighted by atomic mass is 35.5. The number of halogens is 1. The third-order valence-electron chi connectivity index (χ3n) is 4.17. The summed E-state index contributed by atoms with van der Waals surface area (Å²) in [5, 5.41) is 0.514. The average molecular weight is 343 g/mol. The van der Waals surface area contributed by atoms with Gasteiger partial charge in [0.05, 0.1) is 29.1 Å². The molecule has 0 spiro atoms. The molecule has 1 amide bonds. The quantitative estimate of drug-likeness (QED) is 0.455. The Balaban J connectivity index is 2.16. The summed E-state index contributed by atoms with van der Waals surface area (Å²) in [4.78, 5) is 17.6. The number of anilines is 2. The molecule has 24 heavy (non-hydrogen) atoms. The first-order valence-electron chi connectivity index (χ1n) is 7.83. The molecule has 5 heteroatoms. The van der Waals surface area contributed by atoms with E-state index >= 15 is 0 Å². The number of aliphatic imine (C=N–C) groups is 1. The van der Waals surface area contributed by atoms with Crippen molar-refractivity contribution in [2.45, 2.75) is 18.8 Å². The lowest BCUT2D eigenvalue weighted by Gasteiger charge is -2.23. The van der Waals surface area contributed by atoms with E-state index in [0.29, 0.717) is 22.5 Å². The number of carbonyl (C=O) groups excluding carboxylic acids is 1. The van der Waals surface area contributed by atoms with Gasteiger partial charge < -0.3 is 4.74 Å². The lowest BCUT2D eigenvalue weighted by molar-refractivity contribution is -0.106. The molecule has 1 fully saturated rings. The fourth-order valence-electron chi connectivity index (χ4n) is 2.81. The molecule has 0 unspecified atom stereocenters. The smallest absolute Gasteiger partial charge is 0.218 e. The number of ether oxygens (including phenoxy) is 1. The lowest BCUT2D eigenvalue weighted by atomic mass is 10.0. The average Bonchev–Trinajstić information content (AvgIpc) is 3.44. The number of hydrogen-bond donors (Lipinski definition) is 0. The number of para-hydroxylation sites is 1. The molecule has 0 N–H and O–H groups in total. The van der Waals surface area contributed by atoms with E-state index in [-0.39, 0.29) is 0 Å². The Morgan fingerprint density at radius 3 is 2.58 bits per heavy atom. The summed E-state index contributed by atoms with van der Waals surface area (Å²) >= 11 is 6.30. The van der Waals surface area contributed by atoms with Crippen LogP contribution in [-0.4, -0.2) is 26.5 Å². The predicted octanol–water partition coefficient (Wildman–Crippen LogP) is 4.53. The van der Waals surface area contributed by atoms with Crippen LogP contribution >= 0.6 is 11.6 Å². The molecule has 1 saturated carbocycles. The van der Waals surface area contributed by atoms with Crippen molar-refractivity contribution in [1.29, 1.82) is 0 Å². The molecule has 4 nitrogen and oxygen atoms in total. The van der Waals surface area contributed by atoms with E-state index in [9.17, 15) is 4.79 Å². The SMILES string of the molecule is CN=C(OC)c1ccc(C2CC2)cc1N(C=O)c1ccccc1Cl. The molecular weight excluding hydrogens is 324 g/mol. The zero-order chi connectivity index (χ0) is 17.1. The van der Waals surface area contributed by atoms with E-state index in [1.165, 1.54) is 18.4 Å². The van der Waals surface area contributed by atoms with Gasteiger partial charge in [0.1, 0.15) is 0 Å². The van der Waals surface area contributed by atoms with E-state index in [1.807, 2.05) is 30.3 Å². The van der Waals surface area contributed by atoms with Crippen molar-refractivity contribution in [1.82, 2.24) is 0 Å². The molecule has 3 rings (SSSR count). The van der Waals surface area contributed by atoms with Crippen LogP contribution in [-0.2, 0) is 9.53 Å². The summed E-state index contributed by atoms with van der Waals surface area (Å²) in [6.07, 6.45) is 3.15. The summed E-state index contributed by atoms with van der Waals surface area (Å²) in [7, 11) is 3.24. The van der Waals surface area contributed by atoms with Crippen LogP contribution in [0, 0.1) is 0 Å². The Bertz CT molecular complexity index is 785. The van der Waals surface area contributed by atoms with Gasteiger partial charge in [-0.1, -0.05) is 29.8 Å². The third kappa shape index (κ3) is 3.15. The van der Waals surface area contributed by atoms with Crippen LogP contribution in [0.25, 0.3) is 0 Å². The van der Waals surface area contributed by atoms with Gasteiger partial charge in [-0.05, 0) is 48.6 Å². The Morgan fingerprint density at radius 2 is 2.00 bits per heavy atom. The third-order valence-corrected chi connectivity index (χ3v) is 4.49. The molecule has 2 aromatic rings. The number of carbonyl (C=O) groups is 1. The minimum atomic E-state index is 0.478. The molecule has 1 aliphatic rings. The monoisotopic (exact) mass is 342 g/mol. The van der Waals surface area contributed by atoms with Crippen molar-refractivity contribution in [3.05, 3.63) is 58.6 Å². The highest BCUT2D eigenvalue weighted by molar-refractivity contribution is 6.34. The fraction of sp³-hybridized carbons (Fsp3) is 0.263. The molecule has 2 aromatic carbocycles. The molecule has 0 saturated heterocycles. The van der Waals surface area contributed by atoms with Crippen molar-refractivity contribution in [3.63, 3.8) is 0 Å². The van der Waals surface area contributed by atoms with Gasteiger partial charge in [0.2, 0.25) is 12.3 Å². The molecule has 0 bridgehead atoms. The zero-order valence-corrected chi connectivity index (χ0v) is 14.5. The minimum absolute atomic E-state index is 0.478. The maximum Gasteiger partial charge on any atom is 0.218 e. The largest absolute Gasteiger partial charge is 0.481 e. The Morgan fingerprint density at radius 1 is 1.25 bits per heavy atom. The number of hydrogen-bond acceptors (Lipinski definition) is 3. The molecule has 0 radical (unpaired) electrons. The fourth-order valence-corrected chi connectivity index (χ4v) is 3.04. The van der Waals surface area contributed by atoms with Crippen molar-refractivity contribution < 1.29 is 9.53 Å². The molecule has 0 aliphatic heterocycles. The van der Waals surface area contributed by atoms with Gasteiger partial charge >= 0.3 is 0 Å². The second kappa shape index (κ2) is 7.05. The van der Waals surface area contributed by atoms with E-state index in [4.69, 9.17) is 16.3 Å². The number of benzene rings is 2. The van der Waals surface area contributed by atoms with Crippen molar-refractivity contribution in [3.8, 4) is 0 Å². The zero-order valence-electron chi connectivity index (χ0n) is 13.7. The lowest BCUT2D eigenvalue weighted by Crippen LogP contribution is -2.19. The van der Waals surface area contributed by atoms with Crippen LogP contribution in [0.15, 0.2) is 47.5 Å². The van der Waals surface area contributed by atoms with Gasteiger partial charge in [-0.15, -0.1) is 0 Å². The Kier molecular flexibility index (Phi) is 4.86. The summed E-state index contributed by atoms with van der Waals surface area (Å²) in [5.41, 5.74) is 3.34. The number of methoxy groups -OCH3 is 1. The first-order valence-corrected chi connectivity index (χ1v) is 8.21. The maximum absolute atomic E-state index is 11.9. The van der Waals surface area contributed by atoms with Gasteiger partial charge in [0.25, 0.3) is 0 Å². The normalized spacial score (nSPS) is 14.4. The van der Waals surface area contributed by atoms with Gasteiger partial charge in [-0.2, -0.15) is 0 Å². The number of nitrogens with zero attached hydrogens (tertiary/aromatic N) is 2. The summed E-state index contributed by atoms with van der Waals surface area (Å²) in [5.74, 6) is 1.05. The Hall–Kier alpha value is -2.33. The van der Waals surface area contributed by atoms with E-state index in [1.54, 1.807) is 25.1 Å². The first-order chi connectivity index (χ1) is 11.7. The van der Waals surface area contributed by atoms with Gasteiger partial charge in [0, 0.05) is 7.05 Å². The predicted molar refractivity (Wildman–Crippen MR) is 97.5 cm³/mol. The van der Waals surface area contributed by atoms with Crippen LogP contribution in [0.5, 0.6) is 0 Å². The topological polar surface area (TPSA) is 41.9 Å². The molecular formula is C19H19ClN2O2. The summed E-state index contributed by atoms with van der Waals surface area (Å²) in [6.45, 7) is 0. The highest BCUT2D eigenvalue weighted by Gasteiger charge is 2.26. The van der Waals surface area contributed by atoms with Crippen LogP contribution in [0.1, 0.15) is 29.9 Å². The van der Waals surface area contributed by atoms with Gasteiger partial charge in [-0.25, -0.2) is 0 Å². The number of amides is 1. The van der Waals surface area contributed by atoms with Crippen molar-refractivity contribution in [2.75, 3.05) is 19.1 Å². The van der Waals surface area contributed by atoms with E-state index in [2.05, 4.69) is 11.1 Å². The van der Waals surface area contributed by atoms with Gasteiger partial charge in [-0.3, -0.25) is 14.7 Å². The summed E-state index contributed by atoms with van der Waals surface area (Å²) < 4.78 is 5.38. The highest BCUT2D eigenvalue weighted by Crippen LogP contribution is 2.43. The van der Waals surface area contributed by atoms with Crippen LogP contribution in [0.3, 0.4) is 0 Å². The van der Waals surface area contributed by atoms with Crippen molar-refractivity contribution in [2.24, 2.45) is 4.99 Å². The second-order valence-electron chi connectivity index (χ2n) is 5.71.